The van der Waals surface area contributed by atoms with E-state index < -0.39 is 5.84 Å². The quantitative estimate of drug-likeness (QED) is 0.401. The Hall–Kier alpha value is -3.37. The van der Waals surface area contributed by atoms with E-state index in [1.165, 1.54) is 18.2 Å². The maximum atomic E-state index is 8.81. The number of hydrazone groups is 1. The second kappa shape index (κ2) is 5.64. The normalized spacial score (nSPS) is 9.72. The molecule has 0 bridgehead atoms. The van der Waals surface area contributed by atoms with Gasteiger partial charge in [0, 0.05) is 0 Å². The first-order valence-corrected chi connectivity index (χ1v) is 4.64. The third-order valence-corrected chi connectivity index (χ3v) is 1.92. The number of hydrogen-bond donors (Lipinski definition) is 3. The Morgan fingerprint density at radius 1 is 1.22 bits per heavy atom. The lowest BCUT2D eigenvalue weighted by Crippen LogP contribution is -2.21. The molecular formula is C11H7N7. The molecule has 0 fully saturated rings. The van der Waals surface area contributed by atoms with Crippen molar-refractivity contribution in [2.24, 2.45) is 10.8 Å². The Morgan fingerprint density at radius 3 is 2.39 bits per heavy atom. The maximum absolute atomic E-state index is 8.81. The monoisotopic (exact) mass is 237 g/mol. The highest BCUT2D eigenvalue weighted by Gasteiger charge is 2.04. The minimum atomic E-state index is -0.459. The highest BCUT2D eigenvalue weighted by atomic mass is 15.3. The molecule has 0 aliphatic rings. The van der Waals surface area contributed by atoms with Crippen molar-refractivity contribution < 1.29 is 0 Å². The topological polar surface area (TPSA) is 146 Å². The van der Waals surface area contributed by atoms with Crippen LogP contribution in [-0.4, -0.2) is 11.5 Å². The zero-order chi connectivity index (χ0) is 13.5. The van der Waals surface area contributed by atoms with Crippen molar-refractivity contribution in [2.45, 2.75) is 0 Å². The maximum Gasteiger partial charge on any atom is 0.201 e. The van der Waals surface area contributed by atoms with E-state index in [-0.39, 0.29) is 16.8 Å². The van der Waals surface area contributed by atoms with Crippen LogP contribution in [-0.2, 0) is 0 Å². The van der Waals surface area contributed by atoms with Crippen LogP contribution in [0.3, 0.4) is 0 Å². The van der Waals surface area contributed by atoms with Gasteiger partial charge in [0.2, 0.25) is 5.71 Å². The number of nitrogens with two attached hydrogens (primary N) is 1. The highest BCUT2D eigenvalue weighted by Crippen LogP contribution is 2.14. The number of anilines is 1. The Bertz CT molecular complexity index is 637. The SMILES string of the molecule is N#C/C(=N\Nc1ccc(C#N)c(C#N)c1)C(=N)N. The van der Waals surface area contributed by atoms with Gasteiger partial charge in [0.15, 0.2) is 5.84 Å². The van der Waals surface area contributed by atoms with Crippen LogP contribution < -0.4 is 11.2 Å². The van der Waals surface area contributed by atoms with E-state index in [0.717, 1.165) is 0 Å². The molecule has 86 valence electrons. The number of benzene rings is 1. The van der Waals surface area contributed by atoms with E-state index in [2.05, 4.69) is 10.5 Å². The molecule has 1 aromatic rings. The fourth-order valence-electron chi connectivity index (χ4n) is 1.07. The molecule has 1 aromatic carbocycles. The Kier molecular flexibility index (Phi) is 3.98. The molecule has 0 saturated heterocycles. The summed E-state index contributed by atoms with van der Waals surface area (Å²) in [4.78, 5) is 0. The van der Waals surface area contributed by atoms with Crippen LogP contribution in [0.5, 0.6) is 0 Å². The van der Waals surface area contributed by atoms with Crippen LogP contribution in [0.25, 0.3) is 0 Å². The lowest BCUT2D eigenvalue weighted by Gasteiger charge is -2.02. The summed E-state index contributed by atoms with van der Waals surface area (Å²) in [6.45, 7) is 0. The van der Waals surface area contributed by atoms with Gasteiger partial charge in [-0.2, -0.15) is 20.9 Å². The molecule has 0 spiro atoms. The minimum Gasteiger partial charge on any atom is -0.382 e. The molecule has 7 nitrogen and oxygen atoms in total. The summed E-state index contributed by atoms with van der Waals surface area (Å²) in [6.07, 6.45) is 0. The van der Waals surface area contributed by atoms with Gasteiger partial charge in [-0.25, -0.2) is 0 Å². The van der Waals surface area contributed by atoms with Gasteiger partial charge in [0.1, 0.15) is 18.2 Å². The smallest absolute Gasteiger partial charge is 0.201 e. The van der Waals surface area contributed by atoms with Crippen LogP contribution >= 0.6 is 0 Å². The molecule has 0 aromatic heterocycles. The highest BCUT2D eigenvalue weighted by molar-refractivity contribution is 6.45. The number of amidine groups is 1. The number of hydrogen-bond acceptors (Lipinski definition) is 6. The third-order valence-electron chi connectivity index (χ3n) is 1.92. The van der Waals surface area contributed by atoms with Crippen LogP contribution in [0, 0.1) is 39.4 Å². The van der Waals surface area contributed by atoms with Crippen molar-refractivity contribution in [3.8, 4) is 18.2 Å². The Balaban J connectivity index is 3.02. The second-order valence-corrected chi connectivity index (χ2v) is 3.08. The van der Waals surface area contributed by atoms with Gasteiger partial charge in [0.05, 0.1) is 16.8 Å². The zero-order valence-corrected chi connectivity index (χ0v) is 9.10. The van der Waals surface area contributed by atoms with Gasteiger partial charge >= 0.3 is 0 Å². The number of rotatable bonds is 3. The van der Waals surface area contributed by atoms with Crippen LogP contribution in [0.1, 0.15) is 11.1 Å². The van der Waals surface area contributed by atoms with E-state index >= 15 is 0 Å². The van der Waals surface area contributed by atoms with Crippen molar-refractivity contribution in [1.82, 2.24) is 0 Å². The summed E-state index contributed by atoms with van der Waals surface area (Å²) < 4.78 is 0. The van der Waals surface area contributed by atoms with Crippen molar-refractivity contribution in [1.29, 1.82) is 21.2 Å². The molecule has 0 aliphatic carbocycles. The predicted octanol–water partition coefficient (Wildman–Crippen LogP) is 0.657. The zero-order valence-electron chi connectivity index (χ0n) is 9.10. The lowest BCUT2D eigenvalue weighted by molar-refractivity contribution is 1.32. The predicted molar refractivity (Wildman–Crippen MR) is 64.5 cm³/mol. The van der Waals surface area contributed by atoms with Gasteiger partial charge in [-0.1, -0.05) is 0 Å². The average Bonchev–Trinajstić information content (AvgIpc) is 2.38. The van der Waals surface area contributed by atoms with Crippen LogP contribution in [0.4, 0.5) is 5.69 Å². The summed E-state index contributed by atoms with van der Waals surface area (Å²) in [5, 5.41) is 36.8. The average molecular weight is 237 g/mol. The summed E-state index contributed by atoms with van der Waals surface area (Å²) in [5.41, 5.74) is 8.19. The first kappa shape index (κ1) is 12.7. The van der Waals surface area contributed by atoms with Gasteiger partial charge in [-0.15, -0.1) is 0 Å². The second-order valence-electron chi connectivity index (χ2n) is 3.08. The van der Waals surface area contributed by atoms with Crippen molar-refractivity contribution in [3.63, 3.8) is 0 Å². The van der Waals surface area contributed by atoms with Crippen LogP contribution in [0.15, 0.2) is 23.3 Å². The molecule has 7 heteroatoms. The van der Waals surface area contributed by atoms with E-state index in [9.17, 15) is 0 Å². The summed E-state index contributed by atoms with van der Waals surface area (Å²) >= 11 is 0. The molecule has 0 radical (unpaired) electrons. The number of nitriles is 3. The summed E-state index contributed by atoms with van der Waals surface area (Å²) in [6, 6.07) is 9.78. The van der Waals surface area contributed by atoms with Crippen molar-refractivity contribution in [3.05, 3.63) is 29.3 Å². The molecule has 0 unspecified atom stereocenters. The summed E-state index contributed by atoms with van der Waals surface area (Å²) in [7, 11) is 0. The van der Waals surface area contributed by atoms with E-state index in [1.807, 2.05) is 12.1 Å². The molecule has 0 amide bonds. The largest absolute Gasteiger partial charge is 0.382 e. The van der Waals surface area contributed by atoms with Gasteiger partial charge < -0.3 is 5.73 Å². The van der Waals surface area contributed by atoms with Gasteiger partial charge in [-0.05, 0) is 18.2 Å². The number of nitrogens with one attached hydrogen (secondary N) is 2. The Labute approximate surface area is 103 Å². The van der Waals surface area contributed by atoms with Gasteiger partial charge in [0.25, 0.3) is 0 Å². The minimum absolute atomic E-state index is 0.194. The van der Waals surface area contributed by atoms with E-state index in [0.29, 0.717) is 5.69 Å². The molecule has 0 aliphatic heterocycles. The lowest BCUT2D eigenvalue weighted by atomic mass is 10.1. The standard InChI is InChI=1S/C11H7N7/c12-4-7-1-2-9(3-8(7)5-13)17-18-10(6-14)11(15)16/h1-3,17H,(H3,15,16)/b18-10+. The summed E-state index contributed by atoms with van der Waals surface area (Å²) in [5.74, 6) is -0.459. The first-order valence-electron chi connectivity index (χ1n) is 4.64. The Morgan fingerprint density at radius 2 is 1.89 bits per heavy atom. The molecular weight excluding hydrogens is 230 g/mol. The van der Waals surface area contributed by atoms with Crippen molar-refractivity contribution in [2.75, 3.05) is 5.43 Å². The molecule has 0 heterocycles. The van der Waals surface area contributed by atoms with Crippen molar-refractivity contribution >= 4 is 17.2 Å². The molecule has 0 atom stereocenters. The van der Waals surface area contributed by atoms with E-state index in [1.54, 1.807) is 6.07 Å². The molecule has 18 heavy (non-hydrogen) atoms. The fraction of sp³-hybridized carbons (Fsp3) is 0. The van der Waals surface area contributed by atoms with Crippen LogP contribution in [0.2, 0.25) is 0 Å². The molecule has 0 saturated carbocycles. The van der Waals surface area contributed by atoms with Gasteiger partial charge in [-0.3, -0.25) is 10.8 Å². The van der Waals surface area contributed by atoms with E-state index in [4.69, 9.17) is 26.9 Å². The molecule has 1 rings (SSSR count). The first-order chi connectivity index (χ1) is 8.62. The third kappa shape index (κ3) is 2.82. The number of nitrogens with zero attached hydrogens (tertiary/aromatic N) is 4. The molecule has 4 N–H and O–H groups in total. The fourth-order valence-corrected chi connectivity index (χ4v) is 1.07.